The van der Waals surface area contributed by atoms with E-state index in [-0.39, 0.29) is 12.5 Å². The highest BCUT2D eigenvalue weighted by Gasteiger charge is 2.22. The van der Waals surface area contributed by atoms with Gasteiger partial charge < -0.3 is 9.84 Å². The number of benzene rings is 2. The van der Waals surface area contributed by atoms with Crippen LogP contribution in [0.4, 0.5) is 0 Å². The summed E-state index contributed by atoms with van der Waals surface area (Å²) < 4.78 is 7.77. The van der Waals surface area contributed by atoms with Crippen molar-refractivity contribution in [2.45, 2.75) is 52.7 Å². The van der Waals surface area contributed by atoms with Gasteiger partial charge in [-0.2, -0.15) is 0 Å². The standard InChI is InChI=1S/C22H25Cl2N3O2/c1-13(2)20-18(27(26-25-20)21-16(23)7-6-8-17(21)24)12-29-19-10-9-15(11-14(19)3)22(4,5)28/h6-11,13,28H,12H2,1-5H3. The van der Waals surface area contributed by atoms with Crippen molar-refractivity contribution in [1.29, 1.82) is 0 Å². The van der Waals surface area contributed by atoms with E-state index in [1.54, 1.807) is 36.7 Å². The zero-order valence-electron chi connectivity index (χ0n) is 17.2. The van der Waals surface area contributed by atoms with E-state index in [1.165, 1.54) is 0 Å². The number of halogens is 2. The van der Waals surface area contributed by atoms with Gasteiger partial charge in [-0.25, -0.2) is 4.68 Å². The Hall–Kier alpha value is -2.08. The van der Waals surface area contributed by atoms with E-state index in [1.807, 2.05) is 25.1 Å². The van der Waals surface area contributed by atoms with E-state index in [4.69, 9.17) is 27.9 Å². The minimum absolute atomic E-state index is 0.155. The summed E-state index contributed by atoms with van der Waals surface area (Å²) in [7, 11) is 0. The van der Waals surface area contributed by atoms with E-state index in [0.717, 1.165) is 28.3 Å². The van der Waals surface area contributed by atoms with Crippen molar-refractivity contribution in [3.05, 3.63) is 69.0 Å². The molecule has 3 rings (SSSR count). The number of rotatable bonds is 6. The zero-order valence-corrected chi connectivity index (χ0v) is 18.7. The molecule has 1 heterocycles. The van der Waals surface area contributed by atoms with Gasteiger partial charge in [-0.1, -0.05) is 54.4 Å². The average molecular weight is 434 g/mol. The van der Waals surface area contributed by atoms with Crippen LogP contribution in [-0.2, 0) is 12.2 Å². The molecule has 0 fully saturated rings. The first-order valence-electron chi connectivity index (χ1n) is 9.44. The van der Waals surface area contributed by atoms with E-state index >= 15 is 0 Å². The third kappa shape index (κ3) is 4.58. The first kappa shape index (κ1) is 21.6. The highest BCUT2D eigenvalue weighted by atomic mass is 35.5. The molecule has 0 bridgehead atoms. The second kappa shape index (κ2) is 8.34. The van der Waals surface area contributed by atoms with Crippen LogP contribution in [0.5, 0.6) is 5.75 Å². The minimum atomic E-state index is -0.905. The van der Waals surface area contributed by atoms with Crippen molar-refractivity contribution in [1.82, 2.24) is 15.0 Å². The molecule has 2 aromatic carbocycles. The molecule has 29 heavy (non-hydrogen) atoms. The number of para-hydroxylation sites is 1. The molecule has 1 aromatic heterocycles. The van der Waals surface area contributed by atoms with Crippen molar-refractivity contribution in [2.24, 2.45) is 0 Å². The fraction of sp³-hybridized carbons (Fsp3) is 0.364. The van der Waals surface area contributed by atoms with Gasteiger partial charge in [-0.15, -0.1) is 5.10 Å². The summed E-state index contributed by atoms with van der Waals surface area (Å²) in [6, 6.07) is 11.0. The average Bonchev–Trinajstić information content (AvgIpc) is 3.03. The monoisotopic (exact) mass is 433 g/mol. The molecule has 0 saturated heterocycles. The van der Waals surface area contributed by atoms with Crippen LogP contribution in [0.2, 0.25) is 10.0 Å². The molecule has 0 radical (unpaired) electrons. The highest BCUT2D eigenvalue weighted by molar-refractivity contribution is 6.37. The molecule has 0 amide bonds. The van der Waals surface area contributed by atoms with Crippen molar-refractivity contribution in [3.63, 3.8) is 0 Å². The van der Waals surface area contributed by atoms with E-state index < -0.39 is 5.60 Å². The lowest BCUT2D eigenvalue weighted by Gasteiger charge is -2.20. The Balaban J connectivity index is 1.96. The lowest BCUT2D eigenvalue weighted by Crippen LogP contribution is -2.15. The Bertz CT molecular complexity index is 1000. The number of hydrogen-bond donors (Lipinski definition) is 1. The van der Waals surface area contributed by atoms with Crippen LogP contribution in [-0.4, -0.2) is 20.1 Å². The molecule has 3 aromatic rings. The summed E-state index contributed by atoms with van der Waals surface area (Å²) in [5, 5.41) is 19.8. The number of nitrogens with zero attached hydrogens (tertiary/aromatic N) is 3. The third-order valence-electron chi connectivity index (χ3n) is 4.74. The number of aliphatic hydroxyl groups is 1. The van der Waals surface area contributed by atoms with Gasteiger partial charge in [0.05, 0.1) is 21.3 Å². The molecule has 154 valence electrons. The van der Waals surface area contributed by atoms with Crippen LogP contribution < -0.4 is 4.74 Å². The highest BCUT2D eigenvalue weighted by Crippen LogP contribution is 2.32. The molecule has 5 nitrogen and oxygen atoms in total. The zero-order chi connectivity index (χ0) is 21.3. The Morgan fingerprint density at radius 1 is 1.14 bits per heavy atom. The molecular formula is C22H25Cl2N3O2. The Labute approximate surface area is 181 Å². The maximum Gasteiger partial charge on any atom is 0.132 e. The summed E-state index contributed by atoms with van der Waals surface area (Å²) in [4.78, 5) is 0. The van der Waals surface area contributed by atoms with Crippen LogP contribution in [0.3, 0.4) is 0 Å². The van der Waals surface area contributed by atoms with Crippen LogP contribution in [0.25, 0.3) is 5.69 Å². The van der Waals surface area contributed by atoms with Gasteiger partial charge >= 0.3 is 0 Å². The summed E-state index contributed by atoms with van der Waals surface area (Å²) in [6.07, 6.45) is 0. The molecule has 7 heteroatoms. The summed E-state index contributed by atoms with van der Waals surface area (Å²) in [5.74, 6) is 0.882. The van der Waals surface area contributed by atoms with Gasteiger partial charge in [0.2, 0.25) is 0 Å². The number of aromatic nitrogens is 3. The predicted molar refractivity (Wildman–Crippen MR) is 116 cm³/mol. The van der Waals surface area contributed by atoms with Crippen molar-refractivity contribution >= 4 is 23.2 Å². The number of ether oxygens (including phenoxy) is 1. The summed E-state index contributed by atoms with van der Waals surface area (Å²) in [5.41, 5.74) is 3.07. The molecule has 0 spiro atoms. The maximum atomic E-state index is 10.2. The molecule has 0 unspecified atom stereocenters. The molecule has 0 aliphatic heterocycles. The van der Waals surface area contributed by atoms with Crippen molar-refractivity contribution < 1.29 is 9.84 Å². The number of aryl methyl sites for hydroxylation is 1. The minimum Gasteiger partial charge on any atom is -0.487 e. The lowest BCUT2D eigenvalue weighted by molar-refractivity contribution is 0.0784. The van der Waals surface area contributed by atoms with Gasteiger partial charge in [0, 0.05) is 0 Å². The molecule has 1 N–H and O–H groups in total. The Kier molecular flexibility index (Phi) is 6.22. The topological polar surface area (TPSA) is 60.2 Å². The van der Waals surface area contributed by atoms with Crippen LogP contribution >= 0.6 is 23.2 Å². The predicted octanol–water partition coefficient (Wildman–Crippen LogP) is 5.81. The van der Waals surface area contributed by atoms with Gasteiger partial charge in [0.1, 0.15) is 23.7 Å². The second-order valence-electron chi connectivity index (χ2n) is 7.89. The summed E-state index contributed by atoms with van der Waals surface area (Å²) in [6.45, 7) is 9.83. The smallest absolute Gasteiger partial charge is 0.132 e. The maximum absolute atomic E-state index is 10.2. The Morgan fingerprint density at radius 3 is 2.34 bits per heavy atom. The molecule has 0 atom stereocenters. The van der Waals surface area contributed by atoms with Crippen molar-refractivity contribution in [3.8, 4) is 11.4 Å². The lowest BCUT2D eigenvalue weighted by atomic mass is 9.96. The SMILES string of the molecule is Cc1cc(C(C)(C)O)ccc1OCc1c(C(C)C)nnn1-c1c(Cl)cccc1Cl. The molecule has 0 aliphatic rings. The van der Waals surface area contributed by atoms with Crippen LogP contribution in [0.1, 0.15) is 56.1 Å². The first-order valence-corrected chi connectivity index (χ1v) is 10.2. The molecule has 0 aliphatic carbocycles. The fourth-order valence-corrected chi connectivity index (χ4v) is 3.66. The fourth-order valence-electron chi connectivity index (χ4n) is 3.11. The van der Waals surface area contributed by atoms with Crippen molar-refractivity contribution in [2.75, 3.05) is 0 Å². The first-order chi connectivity index (χ1) is 13.6. The second-order valence-corrected chi connectivity index (χ2v) is 8.70. The Morgan fingerprint density at radius 2 is 1.79 bits per heavy atom. The van der Waals surface area contributed by atoms with E-state index in [2.05, 4.69) is 24.2 Å². The summed E-state index contributed by atoms with van der Waals surface area (Å²) >= 11 is 12.8. The van der Waals surface area contributed by atoms with Gasteiger partial charge in [0.25, 0.3) is 0 Å². The largest absolute Gasteiger partial charge is 0.487 e. The van der Waals surface area contributed by atoms with Crippen LogP contribution in [0, 0.1) is 6.92 Å². The van der Waals surface area contributed by atoms with Crippen LogP contribution in [0.15, 0.2) is 36.4 Å². The normalized spacial score (nSPS) is 11.9. The molecule has 0 saturated carbocycles. The van der Waals surface area contributed by atoms with Gasteiger partial charge in [0.15, 0.2) is 0 Å². The molecular weight excluding hydrogens is 409 g/mol. The van der Waals surface area contributed by atoms with E-state index in [9.17, 15) is 5.11 Å². The van der Waals surface area contributed by atoms with Gasteiger partial charge in [-0.3, -0.25) is 0 Å². The van der Waals surface area contributed by atoms with E-state index in [0.29, 0.717) is 15.7 Å². The number of hydrogen-bond acceptors (Lipinski definition) is 4. The van der Waals surface area contributed by atoms with Gasteiger partial charge in [-0.05, 0) is 62.1 Å². The third-order valence-corrected chi connectivity index (χ3v) is 5.35. The quantitative estimate of drug-likeness (QED) is 0.532.